The van der Waals surface area contributed by atoms with Crippen molar-refractivity contribution < 1.29 is 14.3 Å². The summed E-state index contributed by atoms with van der Waals surface area (Å²) in [4.78, 5) is 23.1. The summed E-state index contributed by atoms with van der Waals surface area (Å²) in [6.45, 7) is 1.91. The molecule has 2 amide bonds. The number of methoxy groups -OCH3 is 1. The number of aryl methyl sites for hydroxylation is 1. The minimum Gasteiger partial charge on any atom is -0.469 e. The van der Waals surface area contributed by atoms with E-state index >= 15 is 0 Å². The molecule has 0 saturated carbocycles. The number of aromatic nitrogens is 2. The van der Waals surface area contributed by atoms with Gasteiger partial charge in [0.05, 0.1) is 13.2 Å². The zero-order valence-electron chi connectivity index (χ0n) is 13.6. The molecule has 0 spiro atoms. The molecule has 2 aromatic rings. The van der Waals surface area contributed by atoms with E-state index in [1.807, 2.05) is 37.3 Å². The Bertz CT molecular complexity index is 675. The minimum absolute atomic E-state index is 0.112. The van der Waals surface area contributed by atoms with E-state index in [0.29, 0.717) is 24.4 Å². The van der Waals surface area contributed by atoms with Crippen LogP contribution in [0.3, 0.4) is 0 Å². The zero-order chi connectivity index (χ0) is 17.4. The molecule has 1 aromatic heterocycles. The van der Waals surface area contributed by atoms with Gasteiger partial charge in [-0.25, -0.2) is 4.79 Å². The first-order valence-corrected chi connectivity index (χ1v) is 8.42. The number of carbonyl (C=O) groups is 2. The molecule has 0 aliphatic carbocycles. The van der Waals surface area contributed by atoms with Gasteiger partial charge in [-0.05, 0) is 18.9 Å². The van der Waals surface area contributed by atoms with Gasteiger partial charge in [0, 0.05) is 12.8 Å². The molecule has 128 valence electrons. The number of hydrogen-bond acceptors (Lipinski definition) is 6. The standard InChI is InChI=1S/C16H20N4O3S/c1-11(12-7-4-3-5-8-12)17-15(22)18-16-20-19-13(24-16)9-6-10-14(21)23-2/h3-5,7-8,11H,6,9-10H2,1-2H3,(H2,17,18,20,22)/t11-/m0/s1. The van der Waals surface area contributed by atoms with E-state index < -0.39 is 0 Å². The highest BCUT2D eigenvalue weighted by Crippen LogP contribution is 2.18. The lowest BCUT2D eigenvalue weighted by atomic mass is 10.1. The second-order valence-corrected chi connectivity index (χ2v) is 6.22. The molecular weight excluding hydrogens is 328 g/mol. The molecule has 1 atom stereocenters. The number of amides is 2. The molecule has 2 N–H and O–H groups in total. The summed E-state index contributed by atoms with van der Waals surface area (Å²) in [5.74, 6) is -0.243. The molecule has 0 bridgehead atoms. The summed E-state index contributed by atoms with van der Waals surface area (Å²) in [5, 5.41) is 14.7. The fourth-order valence-electron chi connectivity index (χ4n) is 2.05. The maximum absolute atomic E-state index is 12.0. The lowest BCUT2D eigenvalue weighted by Crippen LogP contribution is -2.31. The second kappa shape index (κ2) is 8.97. The van der Waals surface area contributed by atoms with Crippen molar-refractivity contribution in [3.05, 3.63) is 40.9 Å². The molecule has 1 aromatic carbocycles. The molecule has 2 rings (SSSR count). The van der Waals surface area contributed by atoms with Gasteiger partial charge in [0.2, 0.25) is 5.13 Å². The number of urea groups is 1. The quantitative estimate of drug-likeness (QED) is 0.751. The van der Waals surface area contributed by atoms with Crippen LogP contribution in [0.15, 0.2) is 30.3 Å². The maximum Gasteiger partial charge on any atom is 0.321 e. The largest absolute Gasteiger partial charge is 0.469 e. The highest BCUT2D eigenvalue weighted by molar-refractivity contribution is 7.15. The Balaban J connectivity index is 1.79. The van der Waals surface area contributed by atoms with Crippen LogP contribution in [0.2, 0.25) is 0 Å². The van der Waals surface area contributed by atoms with E-state index in [0.717, 1.165) is 10.6 Å². The Morgan fingerprint density at radius 2 is 2.00 bits per heavy atom. The Kier molecular flexibility index (Phi) is 6.68. The van der Waals surface area contributed by atoms with Gasteiger partial charge in [-0.1, -0.05) is 41.7 Å². The van der Waals surface area contributed by atoms with E-state index in [-0.39, 0.29) is 18.0 Å². The van der Waals surface area contributed by atoms with E-state index in [2.05, 4.69) is 25.6 Å². The second-order valence-electron chi connectivity index (χ2n) is 5.16. The van der Waals surface area contributed by atoms with E-state index in [9.17, 15) is 9.59 Å². The third-order valence-electron chi connectivity index (χ3n) is 3.33. The van der Waals surface area contributed by atoms with Crippen molar-refractivity contribution in [2.75, 3.05) is 12.4 Å². The van der Waals surface area contributed by atoms with Crippen LogP contribution >= 0.6 is 11.3 Å². The normalized spacial score (nSPS) is 11.6. The summed E-state index contributed by atoms with van der Waals surface area (Å²) in [6, 6.07) is 9.25. The first-order valence-electron chi connectivity index (χ1n) is 7.60. The van der Waals surface area contributed by atoms with Crippen molar-refractivity contribution in [1.82, 2.24) is 15.5 Å². The fraction of sp³-hybridized carbons (Fsp3) is 0.375. The maximum atomic E-state index is 12.0. The number of anilines is 1. The zero-order valence-corrected chi connectivity index (χ0v) is 14.4. The molecule has 24 heavy (non-hydrogen) atoms. The van der Waals surface area contributed by atoms with E-state index in [4.69, 9.17) is 0 Å². The van der Waals surface area contributed by atoms with Crippen molar-refractivity contribution in [3.63, 3.8) is 0 Å². The summed E-state index contributed by atoms with van der Waals surface area (Å²) >= 11 is 1.30. The van der Waals surface area contributed by atoms with Gasteiger partial charge in [-0.3, -0.25) is 10.1 Å². The van der Waals surface area contributed by atoms with Crippen LogP contribution in [0.1, 0.15) is 36.4 Å². The SMILES string of the molecule is COC(=O)CCCc1nnc(NC(=O)N[C@@H](C)c2ccccc2)s1. The van der Waals surface area contributed by atoms with E-state index in [1.165, 1.54) is 18.4 Å². The molecule has 0 saturated heterocycles. The number of benzene rings is 1. The van der Waals surface area contributed by atoms with Crippen LogP contribution in [0.5, 0.6) is 0 Å². The average Bonchev–Trinajstić information content (AvgIpc) is 3.02. The fourth-order valence-corrected chi connectivity index (χ4v) is 2.82. The molecule has 0 aliphatic rings. The van der Waals surface area contributed by atoms with Crippen molar-refractivity contribution in [2.45, 2.75) is 32.2 Å². The highest BCUT2D eigenvalue weighted by Gasteiger charge is 2.12. The van der Waals surface area contributed by atoms with Gasteiger partial charge in [-0.2, -0.15) is 0 Å². The molecule has 0 radical (unpaired) electrons. The van der Waals surface area contributed by atoms with Crippen molar-refractivity contribution in [2.24, 2.45) is 0 Å². The highest BCUT2D eigenvalue weighted by atomic mass is 32.1. The Labute approximate surface area is 144 Å². The van der Waals surface area contributed by atoms with Crippen molar-refractivity contribution in [3.8, 4) is 0 Å². The minimum atomic E-state index is -0.330. The Morgan fingerprint density at radius 3 is 2.71 bits per heavy atom. The van der Waals surface area contributed by atoms with Gasteiger partial charge in [-0.15, -0.1) is 10.2 Å². The average molecular weight is 348 g/mol. The predicted octanol–water partition coefficient (Wildman–Crippen LogP) is 2.92. The van der Waals surface area contributed by atoms with Gasteiger partial charge in [0.25, 0.3) is 0 Å². The van der Waals surface area contributed by atoms with Crippen LogP contribution in [0, 0.1) is 0 Å². The van der Waals surface area contributed by atoms with Gasteiger partial charge in [0.15, 0.2) is 0 Å². The Hall–Kier alpha value is -2.48. The number of hydrogen-bond donors (Lipinski definition) is 2. The Morgan fingerprint density at radius 1 is 1.25 bits per heavy atom. The lowest BCUT2D eigenvalue weighted by Gasteiger charge is -2.13. The summed E-state index contributed by atoms with van der Waals surface area (Å²) in [7, 11) is 1.37. The number of esters is 1. The number of nitrogens with zero attached hydrogens (tertiary/aromatic N) is 2. The number of ether oxygens (including phenoxy) is 1. The van der Waals surface area contributed by atoms with Gasteiger partial charge < -0.3 is 10.1 Å². The number of carbonyl (C=O) groups excluding carboxylic acids is 2. The number of rotatable bonds is 7. The molecule has 1 heterocycles. The summed E-state index contributed by atoms with van der Waals surface area (Å²) < 4.78 is 4.58. The monoisotopic (exact) mass is 348 g/mol. The molecular formula is C16H20N4O3S. The number of nitrogens with one attached hydrogen (secondary N) is 2. The lowest BCUT2D eigenvalue weighted by molar-refractivity contribution is -0.140. The van der Waals surface area contributed by atoms with E-state index in [1.54, 1.807) is 0 Å². The van der Waals surface area contributed by atoms with Crippen molar-refractivity contribution >= 4 is 28.5 Å². The molecule has 7 nitrogen and oxygen atoms in total. The molecule has 8 heteroatoms. The van der Waals surface area contributed by atoms with Crippen LogP contribution in [-0.4, -0.2) is 29.3 Å². The third-order valence-corrected chi connectivity index (χ3v) is 4.23. The van der Waals surface area contributed by atoms with Crippen LogP contribution < -0.4 is 10.6 Å². The van der Waals surface area contributed by atoms with Gasteiger partial charge in [0.1, 0.15) is 5.01 Å². The molecule has 0 aliphatic heterocycles. The first-order chi connectivity index (χ1) is 11.6. The van der Waals surface area contributed by atoms with Crippen LogP contribution in [0.25, 0.3) is 0 Å². The first kappa shape index (κ1) is 17.9. The van der Waals surface area contributed by atoms with Crippen molar-refractivity contribution in [1.29, 1.82) is 0 Å². The topological polar surface area (TPSA) is 93.2 Å². The smallest absolute Gasteiger partial charge is 0.321 e. The predicted molar refractivity (Wildman–Crippen MR) is 91.9 cm³/mol. The molecule has 0 fully saturated rings. The summed E-state index contributed by atoms with van der Waals surface area (Å²) in [5.41, 5.74) is 1.02. The molecule has 0 unspecified atom stereocenters. The van der Waals surface area contributed by atoms with Crippen LogP contribution in [0.4, 0.5) is 9.93 Å². The summed E-state index contributed by atoms with van der Waals surface area (Å²) in [6.07, 6.45) is 1.60. The van der Waals surface area contributed by atoms with Crippen LogP contribution in [-0.2, 0) is 16.0 Å². The third kappa shape index (κ3) is 5.62. The van der Waals surface area contributed by atoms with Gasteiger partial charge >= 0.3 is 12.0 Å².